The summed E-state index contributed by atoms with van der Waals surface area (Å²) in [6.07, 6.45) is 10.0. The number of hydrogen-bond acceptors (Lipinski definition) is 3. The third kappa shape index (κ3) is 5.72. The van der Waals surface area contributed by atoms with E-state index in [-0.39, 0.29) is 6.29 Å². The fourth-order valence-corrected chi connectivity index (χ4v) is 3.83. The molecule has 0 radical (unpaired) electrons. The molecule has 3 heteroatoms. The van der Waals surface area contributed by atoms with Crippen LogP contribution >= 0.6 is 11.3 Å². The summed E-state index contributed by atoms with van der Waals surface area (Å²) in [6.45, 7) is 5.30. The Kier molecular flexibility index (Phi) is 7.76. The van der Waals surface area contributed by atoms with Gasteiger partial charge in [0.15, 0.2) is 6.29 Å². The Morgan fingerprint density at radius 1 is 1.24 bits per heavy atom. The maximum atomic E-state index is 6.20. The Hall–Kier alpha value is -0.380. The van der Waals surface area contributed by atoms with Crippen molar-refractivity contribution in [2.24, 2.45) is 5.92 Å². The molecule has 0 amide bonds. The number of thiophene rings is 1. The Morgan fingerprint density at radius 2 is 2.10 bits per heavy atom. The van der Waals surface area contributed by atoms with Gasteiger partial charge in [0, 0.05) is 17.9 Å². The molecule has 0 aliphatic carbocycles. The SMILES string of the molecule is CCCCC[C@H]1OC(OCCCC)C[C@@H]1Cc1cccs1. The van der Waals surface area contributed by atoms with Crippen LogP contribution in [-0.4, -0.2) is 19.0 Å². The number of hydrogen-bond donors (Lipinski definition) is 0. The van der Waals surface area contributed by atoms with Gasteiger partial charge >= 0.3 is 0 Å². The fraction of sp³-hybridized carbons (Fsp3) is 0.778. The van der Waals surface area contributed by atoms with E-state index in [0.717, 1.165) is 25.9 Å². The van der Waals surface area contributed by atoms with Crippen molar-refractivity contribution >= 4 is 11.3 Å². The second kappa shape index (κ2) is 9.60. The smallest absolute Gasteiger partial charge is 0.158 e. The van der Waals surface area contributed by atoms with E-state index in [4.69, 9.17) is 9.47 Å². The van der Waals surface area contributed by atoms with Crippen LogP contribution in [0.3, 0.4) is 0 Å². The molecule has 0 bridgehead atoms. The molecule has 1 aliphatic heterocycles. The van der Waals surface area contributed by atoms with Gasteiger partial charge in [-0.25, -0.2) is 0 Å². The molecular formula is C18H30O2S. The quantitative estimate of drug-likeness (QED) is 0.537. The van der Waals surface area contributed by atoms with Crippen LogP contribution in [0.2, 0.25) is 0 Å². The predicted molar refractivity (Wildman–Crippen MR) is 89.8 cm³/mol. The standard InChI is InChI=1S/C18H30O2S/c1-3-5-7-10-17-15(13-16-9-8-12-21-16)14-18(20-17)19-11-6-4-2/h8-9,12,15,17-18H,3-7,10-11,13-14H2,1-2H3/t15-,17+,18?/m0/s1. The molecule has 1 aromatic rings. The molecule has 0 saturated carbocycles. The van der Waals surface area contributed by atoms with Gasteiger partial charge in [-0.2, -0.15) is 0 Å². The molecule has 1 fully saturated rings. The van der Waals surface area contributed by atoms with Gasteiger partial charge in [-0.15, -0.1) is 11.3 Å². The molecule has 2 heterocycles. The minimum absolute atomic E-state index is 0.0353. The molecule has 1 aromatic heterocycles. The Bertz CT molecular complexity index is 363. The van der Waals surface area contributed by atoms with E-state index >= 15 is 0 Å². The molecule has 1 aliphatic rings. The van der Waals surface area contributed by atoms with E-state index < -0.39 is 0 Å². The zero-order valence-electron chi connectivity index (χ0n) is 13.6. The van der Waals surface area contributed by atoms with Crippen LogP contribution in [0.1, 0.15) is 63.7 Å². The zero-order valence-corrected chi connectivity index (χ0v) is 14.4. The van der Waals surface area contributed by atoms with Gasteiger partial charge in [-0.05, 0) is 36.6 Å². The maximum Gasteiger partial charge on any atom is 0.158 e. The van der Waals surface area contributed by atoms with Crippen LogP contribution in [0, 0.1) is 5.92 Å². The van der Waals surface area contributed by atoms with E-state index in [2.05, 4.69) is 31.4 Å². The zero-order chi connectivity index (χ0) is 14.9. The van der Waals surface area contributed by atoms with Crippen molar-refractivity contribution in [2.75, 3.05) is 6.61 Å². The third-order valence-electron chi connectivity index (χ3n) is 4.28. The first-order chi connectivity index (χ1) is 10.3. The van der Waals surface area contributed by atoms with Crippen LogP contribution in [-0.2, 0) is 15.9 Å². The second-order valence-corrected chi connectivity index (χ2v) is 7.14. The normalized spacial score (nSPS) is 25.5. The summed E-state index contributed by atoms with van der Waals surface area (Å²) in [5.74, 6) is 0.632. The van der Waals surface area contributed by atoms with Crippen LogP contribution < -0.4 is 0 Å². The Labute approximate surface area is 133 Å². The van der Waals surface area contributed by atoms with Crippen LogP contribution in [0.5, 0.6) is 0 Å². The minimum Gasteiger partial charge on any atom is -0.353 e. The van der Waals surface area contributed by atoms with Gasteiger partial charge in [-0.1, -0.05) is 45.6 Å². The predicted octanol–water partition coefficient (Wildman–Crippen LogP) is 5.42. The first-order valence-electron chi connectivity index (χ1n) is 8.63. The van der Waals surface area contributed by atoms with Gasteiger partial charge in [-0.3, -0.25) is 0 Å². The van der Waals surface area contributed by atoms with E-state index in [0.29, 0.717) is 12.0 Å². The lowest BCUT2D eigenvalue weighted by molar-refractivity contribution is -0.136. The van der Waals surface area contributed by atoms with Crippen molar-refractivity contribution in [2.45, 2.75) is 77.6 Å². The van der Waals surface area contributed by atoms with Crippen molar-refractivity contribution in [3.63, 3.8) is 0 Å². The molecular weight excluding hydrogens is 280 g/mol. The highest BCUT2D eigenvalue weighted by molar-refractivity contribution is 7.09. The first kappa shape index (κ1) is 17.0. The van der Waals surface area contributed by atoms with Crippen molar-refractivity contribution in [1.29, 1.82) is 0 Å². The highest BCUT2D eigenvalue weighted by atomic mass is 32.1. The second-order valence-electron chi connectivity index (χ2n) is 6.10. The summed E-state index contributed by atoms with van der Waals surface area (Å²) < 4.78 is 12.1. The summed E-state index contributed by atoms with van der Waals surface area (Å²) in [4.78, 5) is 1.48. The monoisotopic (exact) mass is 310 g/mol. The largest absolute Gasteiger partial charge is 0.353 e. The van der Waals surface area contributed by atoms with Crippen LogP contribution in [0.4, 0.5) is 0 Å². The number of rotatable bonds is 10. The summed E-state index contributed by atoms with van der Waals surface area (Å²) in [7, 11) is 0. The minimum atomic E-state index is 0.0353. The molecule has 21 heavy (non-hydrogen) atoms. The lowest BCUT2D eigenvalue weighted by Crippen LogP contribution is -2.18. The van der Waals surface area contributed by atoms with Gasteiger partial charge in [0.2, 0.25) is 0 Å². The topological polar surface area (TPSA) is 18.5 Å². The van der Waals surface area contributed by atoms with Crippen LogP contribution in [0.25, 0.3) is 0 Å². The fourth-order valence-electron chi connectivity index (χ4n) is 3.03. The van der Waals surface area contributed by atoms with Crippen molar-refractivity contribution in [3.05, 3.63) is 22.4 Å². The molecule has 0 spiro atoms. The summed E-state index contributed by atoms with van der Waals surface area (Å²) >= 11 is 1.87. The Balaban J connectivity index is 1.83. The van der Waals surface area contributed by atoms with E-state index in [1.54, 1.807) is 0 Å². The van der Waals surface area contributed by atoms with Gasteiger partial charge in [0.05, 0.1) is 6.10 Å². The van der Waals surface area contributed by atoms with Crippen molar-refractivity contribution < 1.29 is 9.47 Å². The molecule has 2 nitrogen and oxygen atoms in total. The van der Waals surface area contributed by atoms with Crippen molar-refractivity contribution in [3.8, 4) is 0 Å². The molecule has 0 N–H and O–H groups in total. The first-order valence-corrected chi connectivity index (χ1v) is 9.50. The number of unbranched alkanes of at least 4 members (excludes halogenated alkanes) is 3. The third-order valence-corrected chi connectivity index (χ3v) is 5.18. The Morgan fingerprint density at radius 3 is 2.81 bits per heavy atom. The summed E-state index contributed by atoms with van der Waals surface area (Å²) in [6, 6.07) is 4.40. The van der Waals surface area contributed by atoms with Gasteiger partial charge in [0.25, 0.3) is 0 Å². The summed E-state index contributed by atoms with van der Waals surface area (Å²) in [5.41, 5.74) is 0. The summed E-state index contributed by atoms with van der Waals surface area (Å²) in [5, 5.41) is 2.17. The average Bonchev–Trinajstić information content (AvgIpc) is 3.11. The van der Waals surface area contributed by atoms with Gasteiger partial charge in [0.1, 0.15) is 0 Å². The van der Waals surface area contributed by atoms with E-state index in [1.165, 1.54) is 37.0 Å². The van der Waals surface area contributed by atoms with Gasteiger partial charge < -0.3 is 9.47 Å². The average molecular weight is 311 g/mol. The lowest BCUT2D eigenvalue weighted by atomic mass is 9.93. The highest BCUT2D eigenvalue weighted by Gasteiger charge is 2.35. The molecule has 120 valence electrons. The molecule has 0 aromatic carbocycles. The maximum absolute atomic E-state index is 6.20. The molecule has 1 unspecified atom stereocenters. The van der Waals surface area contributed by atoms with E-state index in [1.807, 2.05) is 11.3 Å². The number of ether oxygens (including phenoxy) is 2. The molecule has 1 saturated heterocycles. The lowest BCUT2D eigenvalue weighted by Gasteiger charge is -2.17. The molecule has 2 rings (SSSR count). The van der Waals surface area contributed by atoms with E-state index in [9.17, 15) is 0 Å². The van der Waals surface area contributed by atoms with Crippen molar-refractivity contribution in [1.82, 2.24) is 0 Å². The molecule has 3 atom stereocenters. The van der Waals surface area contributed by atoms with Crippen LogP contribution in [0.15, 0.2) is 17.5 Å². The highest BCUT2D eigenvalue weighted by Crippen LogP contribution is 2.34.